The van der Waals surface area contributed by atoms with Gasteiger partial charge in [0.25, 0.3) is 0 Å². The van der Waals surface area contributed by atoms with Crippen molar-refractivity contribution in [3.8, 4) is 0 Å². The molecule has 1 unspecified atom stereocenters. The first kappa shape index (κ1) is 19.4. The highest BCUT2D eigenvalue weighted by Crippen LogP contribution is 2.16. The van der Waals surface area contributed by atoms with Crippen molar-refractivity contribution in [2.75, 3.05) is 30.3 Å². The van der Waals surface area contributed by atoms with Crippen molar-refractivity contribution in [1.29, 1.82) is 0 Å². The minimum Gasteiger partial charge on any atom is -0.328 e. The van der Waals surface area contributed by atoms with Crippen LogP contribution in [-0.4, -0.2) is 42.4 Å². The highest BCUT2D eigenvalue weighted by atomic mass is 16.2. The minimum atomic E-state index is -0.0645. The summed E-state index contributed by atoms with van der Waals surface area (Å²) in [6.07, 6.45) is 5.87. The molecular weight excluding hydrogens is 316 g/mol. The summed E-state index contributed by atoms with van der Waals surface area (Å²) in [5.74, 6) is -0.0762. The Hall–Kier alpha value is -1.92. The van der Waals surface area contributed by atoms with E-state index in [0.29, 0.717) is 30.8 Å². The largest absolute Gasteiger partial charge is 0.328 e. The van der Waals surface area contributed by atoms with Gasteiger partial charge in [0.2, 0.25) is 11.8 Å². The van der Waals surface area contributed by atoms with E-state index in [-0.39, 0.29) is 17.9 Å². The van der Waals surface area contributed by atoms with Crippen LogP contribution in [0.15, 0.2) is 24.3 Å². The van der Waals surface area contributed by atoms with E-state index in [1.54, 1.807) is 6.07 Å². The molecule has 1 aromatic carbocycles. The van der Waals surface area contributed by atoms with Crippen LogP contribution in [0.3, 0.4) is 0 Å². The molecule has 4 N–H and O–H groups in total. The van der Waals surface area contributed by atoms with Gasteiger partial charge in [-0.1, -0.05) is 18.9 Å². The molecule has 1 heterocycles. The molecule has 0 radical (unpaired) electrons. The van der Waals surface area contributed by atoms with Gasteiger partial charge in [-0.25, -0.2) is 0 Å². The van der Waals surface area contributed by atoms with Gasteiger partial charge in [0.05, 0.1) is 6.54 Å². The van der Waals surface area contributed by atoms with Gasteiger partial charge in [-0.2, -0.15) is 0 Å². The van der Waals surface area contributed by atoms with Crippen LogP contribution in [0.4, 0.5) is 11.4 Å². The number of hydrogen-bond donors (Lipinski definition) is 3. The number of likely N-dealkylation sites (tertiary alicyclic amines) is 1. The lowest BCUT2D eigenvalue weighted by molar-refractivity contribution is -0.117. The first-order chi connectivity index (χ1) is 12.0. The third kappa shape index (κ3) is 7.67. The molecule has 6 heteroatoms. The zero-order valence-corrected chi connectivity index (χ0v) is 15.1. The Bertz CT molecular complexity index is 566. The Morgan fingerprint density at radius 3 is 2.28 bits per heavy atom. The van der Waals surface area contributed by atoms with E-state index in [1.165, 1.54) is 12.8 Å². The van der Waals surface area contributed by atoms with E-state index < -0.39 is 0 Å². The summed E-state index contributed by atoms with van der Waals surface area (Å²) in [6.45, 7) is 4.28. The van der Waals surface area contributed by atoms with Crippen molar-refractivity contribution in [2.45, 2.75) is 51.5 Å². The second kappa shape index (κ2) is 10.2. The van der Waals surface area contributed by atoms with Crippen molar-refractivity contribution in [3.05, 3.63) is 24.3 Å². The number of nitrogens with zero attached hydrogens (tertiary/aromatic N) is 1. The second-order valence-electron chi connectivity index (χ2n) is 6.88. The molecular formula is C19H30N4O2. The van der Waals surface area contributed by atoms with Crippen LogP contribution in [0.25, 0.3) is 0 Å². The van der Waals surface area contributed by atoms with Gasteiger partial charge in [-0.05, 0) is 57.5 Å². The summed E-state index contributed by atoms with van der Waals surface area (Å²) in [5.41, 5.74) is 7.05. The van der Waals surface area contributed by atoms with Crippen LogP contribution in [0.5, 0.6) is 0 Å². The molecule has 1 atom stereocenters. The van der Waals surface area contributed by atoms with Gasteiger partial charge in [-0.3, -0.25) is 14.5 Å². The van der Waals surface area contributed by atoms with Gasteiger partial charge < -0.3 is 16.4 Å². The molecule has 138 valence electrons. The summed E-state index contributed by atoms with van der Waals surface area (Å²) in [6, 6.07) is 7.26. The lowest BCUT2D eigenvalue weighted by Crippen LogP contribution is -2.33. The van der Waals surface area contributed by atoms with E-state index >= 15 is 0 Å². The summed E-state index contributed by atoms with van der Waals surface area (Å²) in [5, 5.41) is 5.77. The van der Waals surface area contributed by atoms with Gasteiger partial charge in [0.1, 0.15) is 0 Å². The fourth-order valence-corrected chi connectivity index (χ4v) is 2.95. The first-order valence-corrected chi connectivity index (χ1v) is 9.20. The van der Waals surface area contributed by atoms with Gasteiger partial charge >= 0.3 is 0 Å². The molecule has 0 spiro atoms. The SMILES string of the molecule is CC(N)CCC(=O)Nc1cccc(NC(=O)CN2CCCCCC2)c1. The van der Waals surface area contributed by atoms with Crippen molar-refractivity contribution in [3.63, 3.8) is 0 Å². The lowest BCUT2D eigenvalue weighted by atomic mass is 10.2. The third-order valence-electron chi connectivity index (χ3n) is 4.32. The van der Waals surface area contributed by atoms with Crippen LogP contribution in [0.1, 0.15) is 45.4 Å². The predicted octanol–water partition coefficient (Wildman–Crippen LogP) is 2.57. The summed E-state index contributed by atoms with van der Waals surface area (Å²) < 4.78 is 0. The Kier molecular flexibility index (Phi) is 7.88. The van der Waals surface area contributed by atoms with E-state index in [1.807, 2.05) is 25.1 Å². The Balaban J connectivity index is 1.83. The Morgan fingerprint density at radius 1 is 1.08 bits per heavy atom. The average Bonchev–Trinajstić information content (AvgIpc) is 2.82. The number of nitrogens with two attached hydrogens (primary N) is 1. The smallest absolute Gasteiger partial charge is 0.238 e. The number of hydrogen-bond acceptors (Lipinski definition) is 4. The number of amides is 2. The molecule has 2 amide bonds. The highest BCUT2D eigenvalue weighted by Gasteiger charge is 2.13. The maximum Gasteiger partial charge on any atom is 0.238 e. The summed E-state index contributed by atoms with van der Waals surface area (Å²) >= 11 is 0. The molecule has 6 nitrogen and oxygen atoms in total. The molecule has 0 aliphatic carbocycles. The molecule has 0 aromatic heterocycles. The van der Waals surface area contributed by atoms with Crippen LogP contribution in [-0.2, 0) is 9.59 Å². The standard InChI is InChI=1S/C19H30N4O2/c1-15(20)9-10-18(24)21-16-7-6-8-17(13-16)22-19(25)14-23-11-4-2-3-5-12-23/h6-8,13,15H,2-5,9-12,14,20H2,1H3,(H,21,24)(H,22,25). The average molecular weight is 346 g/mol. The fourth-order valence-electron chi connectivity index (χ4n) is 2.95. The highest BCUT2D eigenvalue weighted by molar-refractivity contribution is 5.94. The van der Waals surface area contributed by atoms with E-state index in [9.17, 15) is 9.59 Å². The van der Waals surface area contributed by atoms with E-state index in [2.05, 4.69) is 15.5 Å². The van der Waals surface area contributed by atoms with Crippen molar-refractivity contribution >= 4 is 23.2 Å². The molecule has 0 saturated carbocycles. The topological polar surface area (TPSA) is 87.5 Å². The monoisotopic (exact) mass is 346 g/mol. The number of benzene rings is 1. The minimum absolute atomic E-state index is 0.00959. The van der Waals surface area contributed by atoms with Crippen LogP contribution < -0.4 is 16.4 Å². The lowest BCUT2D eigenvalue weighted by Gasteiger charge is -2.19. The number of carbonyl (C=O) groups is 2. The van der Waals surface area contributed by atoms with Crippen LogP contribution >= 0.6 is 0 Å². The van der Waals surface area contributed by atoms with E-state index in [4.69, 9.17) is 5.73 Å². The summed E-state index contributed by atoms with van der Waals surface area (Å²) in [7, 11) is 0. The number of anilines is 2. The maximum absolute atomic E-state index is 12.2. The third-order valence-corrected chi connectivity index (χ3v) is 4.32. The van der Waals surface area contributed by atoms with E-state index in [0.717, 1.165) is 25.9 Å². The number of nitrogens with one attached hydrogen (secondary N) is 2. The summed E-state index contributed by atoms with van der Waals surface area (Å²) in [4.78, 5) is 26.3. The first-order valence-electron chi connectivity index (χ1n) is 9.20. The number of rotatable bonds is 7. The van der Waals surface area contributed by atoms with Gasteiger partial charge in [0, 0.05) is 23.8 Å². The Morgan fingerprint density at radius 2 is 1.68 bits per heavy atom. The molecule has 1 fully saturated rings. The molecule has 0 bridgehead atoms. The Labute approximate surface area is 150 Å². The molecule has 25 heavy (non-hydrogen) atoms. The van der Waals surface area contributed by atoms with Crippen LogP contribution in [0.2, 0.25) is 0 Å². The molecule has 1 aliphatic heterocycles. The normalized spacial score (nSPS) is 16.7. The molecule has 2 rings (SSSR count). The fraction of sp³-hybridized carbons (Fsp3) is 0.579. The second-order valence-corrected chi connectivity index (χ2v) is 6.88. The zero-order valence-electron chi connectivity index (χ0n) is 15.1. The van der Waals surface area contributed by atoms with Crippen LogP contribution in [0, 0.1) is 0 Å². The quantitative estimate of drug-likeness (QED) is 0.708. The zero-order chi connectivity index (χ0) is 18.1. The van der Waals surface area contributed by atoms with Gasteiger partial charge in [-0.15, -0.1) is 0 Å². The molecule has 1 saturated heterocycles. The maximum atomic E-state index is 12.2. The molecule has 1 aliphatic rings. The molecule has 1 aromatic rings. The van der Waals surface area contributed by atoms with Crippen molar-refractivity contribution in [1.82, 2.24) is 4.90 Å². The predicted molar refractivity (Wildman–Crippen MR) is 101 cm³/mol. The number of carbonyl (C=O) groups excluding carboxylic acids is 2. The van der Waals surface area contributed by atoms with Crippen molar-refractivity contribution < 1.29 is 9.59 Å². The van der Waals surface area contributed by atoms with Gasteiger partial charge in [0.15, 0.2) is 0 Å². The van der Waals surface area contributed by atoms with Crippen molar-refractivity contribution in [2.24, 2.45) is 5.73 Å².